The highest BCUT2D eigenvalue weighted by atomic mass is 32.1. The van der Waals surface area contributed by atoms with Gasteiger partial charge in [-0.3, -0.25) is 0 Å². The van der Waals surface area contributed by atoms with Crippen LogP contribution >= 0.6 is 0 Å². The van der Waals surface area contributed by atoms with E-state index in [0.29, 0.717) is 0 Å². The molecule has 0 nitrogen and oxygen atoms in total. The number of aryl methyl sites for hydroxylation is 2. The first-order valence-corrected chi connectivity index (χ1v) is 2.82. The van der Waals surface area contributed by atoms with E-state index in [-0.39, 0.29) is 13.5 Å². The SMILES string of the molecule is Cc1ccc(C)cc1.[SH3+]. The summed E-state index contributed by atoms with van der Waals surface area (Å²) in [5.74, 6) is 0. The van der Waals surface area contributed by atoms with Gasteiger partial charge in [0, 0.05) is 0 Å². The van der Waals surface area contributed by atoms with Crippen LogP contribution in [0, 0.1) is 13.8 Å². The van der Waals surface area contributed by atoms with E-state index >= 15 is 0 Å². The Balaban J connectivity index is 0.000000640. The number of hydrogen-bond acceptors (Lipinski definition) is 0. The molecule has 0 saturated carbocycles. The van der Waals surface area contributed by atoms with Crippen molar-refractivity contribution in [3.63, 3.8) is 0 Å². The van der Waals surface area contributed by atoms with E-state index in [4.69, 9.17) is 0 Å². The van der Waals surface area contributed by atoms with Gasteiger partial charge in [0.2, 0.25) is 0 Å². The van der Waals surface area contributed by atoms with Crippen LogP contribution in [0.2, 0.25) is 0 Å². The molecule has 1 heteroatoms. The maximum atomic E-state index is 2.12. The first kappa shape index (κ1) is 8.57. The van der Waals surface area contributed by atoms with Crippen molar-refractivity contribution < 1.29 is 0 Å². The highest BCUT2D eigenvalue weighted by molar-refractivity contribution is 7.37. The van der Waals surface area contributed by atoms with Gasteiger partial charge in [0.15, 0.2) is 0 Å². The third kappa shape index (κ3) is 2.56. The summed E-state index contributed by atoms with van der Waals surface area (Å²) in [6, 6.07) is 8.48. The highest BCUT2D eigenvalue weighted by Gasteiger charge is 1.79. The second-order valence-corrected chi connectivity index (χ2v) is 2.15. The van der Waals surface area contributed by atoms with Gasteiger partial charge in [0.25, 0.3) is 0 Å². The van der Waals surface area contributed by atoms with Crippen molar-refractivity contribution in [2.24, 2.45) is 0 Å². The fourth-order valence-corrected chi connectivity index (χ4v) is 0.637. The third-order valence-corrected chi connectivity index (χ3v) is 1.22. The zero-order chi connectivity index (χ0) is 5.98. The Hall–Kier alpha value is -0.430. The Kier molecular flexibility index (Phi) is 3.40. The molecule has 0 fully saturated rings. The molecule has 1 aromatic carbocycles. The standard InChI is InChI=1S/C8H10.H2S/c1-7-3-5-8(2)6-4-7;/h3-6H,1-2H3;1H2/p+1. The summed E-state index contributed by atoms with van der Waals surface area (Å²) in [5, 5.41) is 0. The van der Waals surface area contributed by atoms with Gasteiger partial charge in [0.1, 0.15) is 0 Å². The Morgan fingerprint density at radius 3 is 1.22 bits per heavy atom. The molecule has 0 aliphatic carbocycles. The molecule has 0 radical (unpaired) electrons. The monoisotopic (exact) mass is 141 g/mol. The van der Waals surface area contributed by atoms with Gasteiger partial charge in [-0.05, 0) is 13.8 Å². The maximum absolute atomic E-state index is 2.12. The normalized spacial score (nSPS) is 8.22. The molecule has 0 aliphatic rings. The minimum atomic E-state index is 0. The van der Waals surface area contributed by atoms with Gasteiger partial charge in [-0.1, -0.05) is 48.9 Å². The van der Waals surface area contributed by atoms with Crippen molar-refractivity contribution >= 4 is 13.5 Å². The molecule has 0 bridgehead atoms. The van der Waals surface area contributed by atoms with Crippen LogP contribution in [0.5, 0.6) is 0 Å². The first-order valence-electron chi connectivity index (χ1n) is 2.82. The molecule has 0 aromatic heterocycles. The molecule has 0 heterocycles. The lowest BCUT2D eigenvalue weighted by molar-refractivity contribution is 1.40. The maximum Gasteiger partial charge on any atom is -0.0398 e. The second kappa shape index (κ2) is 3.57. The van der Waals surface area contributed by atoms with E-state index < -0.39 is 0 Å². The van der Waals surface area contributed by atoms with Gasteiger partial charge in [-0.15, -0.1) is 0 Å². The molecular formula is C8H13S+. The quantitative estimate of drug-likeness (QED) is 0.480. The fourth-order valence-electron chi connectivity index (χ4n) is 0.637. The summed E-state index contributed by atoms with van der Waals surface area (Å²) in [6.07, 6.45) is 0. The Labute approximate surface area is 63.4 Å². The van der Waals surface area contributed by atoms with E-state index in [1.807, 2.05) is 0 Å². The van der Waals surface area contributed by atoms with Crippen molar-refractivity contribution in [3.8, 4) is 0 Å². The van der Waals surface area contributed by atoms with E-state index in [1.54, 1.807) is 0 Å². The smallest absolute Gasteiger partial charge is 0.0398 e. The number of hydrogen-bond donors (Lipinski definition) is 0. The van der Waals surface area contributed by atoms with Crippen LogP contribution in [0.25, 0.3) is 0 Å². The van der Waals surface area contributed by atoms with Crippen molar-refractivity contribution in [1.82, 2.24) is 0 Å². The molecular weight excluding hydrogens is 128 g/mol. The van der Waals surface area contributed by atoms with Gasteiger partial charge < -0.3 is 0 Å². The molecule has 1 aromatic rings. The third-order valence-electron chi connectivity index (χ3n) is 1.22. The van der Waals surface area contributed by atoms with Crippen molar-refractivity contribution in [2.75, 3.05) is 0 Å². The average molecular weight is 141 g/mol. The van der Waals surface area contributed by atoms with Crippen molar-refractivity contribution in [3.05, 3.63) is 35.4 Å². The molecule has 0 aliphatic heterocycles. The van der Waals surface area contributed by atoms with Crippen LogP contribution in [-0.2, 0) is 13.5 Å². The Morgan fingerprint density at radius 2 is 1.00 bits per heavy atom. The largest absolute Gasteiger partial charge is 0.0591 e. The van der Waals surface area contributed by atoms with Gasteiger partial charge in [0.05, 0.1) is 0 Å². The average Bonchev–Trinajstić information content (AvgIpc) is 1.77. The van der Waals surface area contributed by atoms with Crippen molar-refractivity contribution in [2.45, 2.75) is 13.8 Å². The first-order chi connectivity index (χ1) is 3.79. The molecule has 0 spiro atoms. The van der Waals surface area contributed by atoms with Gasteiger partial charge in [-0.25, -0.2) is 0 Å². The molecule has 1 rings (SSSR count). The molecule has 0 unspecified atom stereocenters. The lowest BCUT2D eigenvalue weighted by atomic mass is 10.2. The fraction of sp³-hybridized carbons (Fsp3) is 0.250. The van der Waals surface area contributed by atoms with Crippen LogP contribution in [0.4, 0.5) is 0 Å². The summed E-state index contributed by atoms with van der Waals surface area (Å²) < 4.78 is 0. The second-order valence-electron chi connectivity index (χ2n) is 2.15. The minimum absolute atomic E-state index is 0. The lowest BCUT2D eigenvalue weighted by Gasteiger charge is -1.90. The Morgan fingerprint density at radius 1 is 0.778 bits per heavy atom. The van der Waals surface area contributed by atoms with Crippen LogP contribution in [0.3, 0.4) is 0 Å². The number of benzene rings is 1. The molecule has 0 N–H and O–H groups in total. The summed E-state index contributed by atoms with van der Waals surface area (Å²) in [4.78, 5) is 0. The predicted molar refractivity (Wildman–Crippen MR) is 47.5 cm³/mol. The molecule has 0 amide bonds. The van der Waals surface area contributed by atoms with E-state index in [0.717, 1.165) is 0 Å². The summed E-state index contributed by atoms with van der Waals surface area (Å²) in [6.45, 7) is 4.19. The topological polar surface area (TPSA) is 0 Å². The summed E-state index contributed by atoms with van der Waals surface area (Å²) in [5.41, 5.74) is 2.66. The zero-order valence-electron chi connectivity index (χ0n) is 5.89. The van der Waals surface area contributed by atoms with Crippen LogP contribution in [0.1, 0.15) is 11.1 Å². The summed E-state index contributed by atoms with van der Waals surface area (Å²) in [7, 11) is 0. The van der Waals surface area contributed by atoms with Gasteiger partial charge >= 0.3 is 0 Å². The van der Waals surface area contributed by atoms with Gasteiger partial charge in [-0.2, -0.15) is 0 Å². The van der Waals surface area contributed by atoms with E-state index in [1.165, 1.54) is 11.1 Å². The van der Waals surface area contributed by atoms with Crippen LogP contribution in [-0.4, -0.2) is 0 Å². The molecule has 0 saturated heterocycles. The number of rotatable bonds is 0. The predicted octanol–water partition coefficient (Wildman–Crippen LogP) is 1.50. The lowest BCUT2D eigenvalue weighted by Crippen LogP contribution is -1.70. The molecule has 50 valence electrons. The summed E-state index contributed by atoms with van der Waals surface area (Å²) >= 11 is 0. The van der Waals surface area contributed by atoms with Crippen LogP contribution < -0.4 is 0 Å². The minimum Gasteiger partial charge on any atom is -0.0591 e. The van der Waals surface area contributed by atoms with Crippen LogP contribution in [0.15, 0.2) is 24.3 Å². The van der Waals surface area contributed by atoms with Crippen molar-refractivity contribution in [1.29, 1.82) is 0 Å². The van der Waals surface area contributed by atoms with E-state index in [9.17, 15) is 0 Å². The molecule has 9 heavy (non-hydrogen) atoms. The van der Waals surface area contributed by atoms with E-state index in [2.05, 4.69) is 38.1 Å². The molecule has 0 atom stereocenters. The highest BCUT2D eigenvalue weighted by Crippen LogP contribution is 1.99. The Bertz CT molecular complexity index is 143. The zero-order valence-corrected chi connectivity index (χ0v) is 7.04.